The van der Waals surface area contributed by atoms with Gasteiger partial charge in [0.15, 0.2) is 5.96 Å². The average molecular weight is 378 g/mol. The van der Waals surface area contributed by atoms with Crippen molar-refractivity contribution in [2.24, 2.45) is 4.99 Å². The molecule has 7 heteroatoms. The average Bonchev–Trinajstić information content (AvgIpc) is 2.39. The third kappa shape index (κ3) is 5.86. The fraction of sp³-hybridized carbons (Fsp3) is 0.417. The zero-order valence-electron chi connectivity index (χ0n) is 11.0. The van der Waals surface area contributed by atoms with Gasteiger partial charge in [-0.15, -0.1) is 24.0 Å². The van der Waals surface area contributed by atoms with Crippen LogP contribution in [0.2, 0.25) is 0 Å². The number of halogens is 1. The number of aliphatic imine (C=N–C) groups is 1. The summed E-state index contributed by atoms with van der Waals surface area (Å²) in [6.45, 7) is 3.25. The van der Waals surface area contributed by atoms with Crippen molar-refractivity contribution in [2.75, 3.05) is 13.6 Å². The molecule has 1 aromatic rings. The summed E-state index contributed by atoms with van der Waals surface area (Å²) in [5.41, 5.74) is 0.762. The van der Waals surface area contributed by atoms with E-state index in [1.807, 2.05) is 0 Å². The number of rotatable bonds is 5. The number of benzene rings is 1. The van der Waals surface area contributed by atoms with Gasteiger partial charge >= 0.3 is 0 Å². The number of para-hydroxylation sites is 1. The zero-order valence-corrected chi connectivity index (χ0v) is 13.4. The monoisotopic (exact) mass is 378 g/mol. The fourth-order valence-electron chi connectivity index (χ4n) is 1.48. The Kier molecular flexibility index (Phi) is 8.84. The molecule has 2 N–H and O–H groups in total. The molecule has 0 aliphatic rings. The van der Waals surface area contributed by atoms with Crippen LogP contribution in [0, 0.1) is 10.1 Å². The van der Waals surface area contributed by atoms with E-state index < -0.39 is 0 Å². The van der Waals surface area contributed by atoms with E-state index in [9.17, 15) is 10.1 Å². The van der Waals surface area contributed by atoms with E-state index in [2.05, 4.69) is 22.5 Å². The first-order valence-corrected chi connectivity index (χ1v) is 5.85. The van der Waals surface area contributed by atoms with Gasteiger partial charge in [-0.05, 0) is 6.42 Å². The van der Waals surface area contributed by atoms with Crippen molar-refractivity contribution in [3.8, 4) is 0 Å². The molecule has 0 fully saturated rings. The minimum atomic E-state index is -0.376. The summed E-state index contributed by atoms with van der Waals surface area (Å²) in [6, 6.07) is 6.68. The van der Waals surface area contributed by atoms with Crippen LogP contribution in [0.25, 0.3) is 0 Å². The van der Waals surface area contributed by atoms with Gasteiger partial charge in [0, 0.05) is 31.8 Å². The normalized spacial score (nSPS) is 10.5. The van der Waals surface area contributed by atoms with Crippen molar-refractivity contribution in [2.45, 2.75) is 19.9 Å². The van der Waals surface area contributed by atoms with Gasteiger partial charge in [0.05, 0.1) is 4.92 Å². The smallest absolute Gasteiger partial charge is 0.274 e. The molecule has 19 heavy (non-hydrogen) atoms. The lowest BCUT2D eigenvalue weighted by Crippen LogP contribution is -2.37. The summed E-state index contributed by atoms with van der Waals surface area (Å²) < 4.78 is 0. The van der Waals surface area contributed by atoms with Crippen molar-refractivity contribution in [3.63, 3.8) is 0 Å². The van der Waals surface area contributed by atoms with Crippen LogP contribution < -0.4 is 10.6 Å². The molecule has 1 rings (SSSR count). The van der Waals surface area contributed by atoms with Gasteiger partial charge < -0.3 is 10.6 Å². The third-order valence-corrected chi connectivity index (χ3v) is 2.40. The van der Waals surface area contributed by atoms with E-state index in [-0.39, 0.29) is 34.6 Å². The standard InChI is InChI=1S/C12H18N4O2.HI/c1-3-8-14-12(13-2)15-9-10-6-4-5-7-11(10)16(17)18;/h4-7H,3,8-9H2,1-2H3,(H2,13,14,15);1H. The van der Waals surface area contributed by atoms with Crippen LogP contribution in [0.15, 0.2) is 29.3 Å². The molecule has 0 aromatic heterocycles. The van der Waals surface area contributed by atoms with E-state index in [0.29, 0.717) is 18.1 Å². The predicted molar refractivity (Wildman–Crippen MR) is 87.0 cm³/mol. The van der Waals surface area contributed by atoms with Gasteiger partial charge in [-0.1, -0.05) is 25.1 Å². The Morgan fingerprint density at radius 3 is 2.63 bits per heavy atom. The molecule has 106 valence electrons. The lowest BCUT2D eigenvalue weighted by molar-refractivity contribution is -0.385. The van der Waals surface area contributed by atoms with E-state index in [4.69, 9.17) is 0 Å². The molecular weight excluding hydrogens is 359 g/mol. The Morgan fingerprint density at radius 1 is 1.37 bits per heavy atom. The van der Waals surface area contributed by atoms with Gasteiger partial charge in [-0.25, -0.2) is 0 Å². The summed E-state index contributed by atoms with van der Waals surface area (Å²) in [7, 11) is 1.67. The molecule has 0 amide bonds. The first kappa shape index (κ1) is 17.6. The van der Waals surface area contributed by atoms with Crippen molar-refractivity contribution in [3.05, 3.63) is 39.9 Å². The number of nitro benzene ring substituents is 1. The van der Waals surface area contributed by atoms with E-state index in [1.54, 1.807) is 25.2 Å². The van der Waals surface area contributed by atoms with Gasteiger partial charge in [0.1, 0.15) is 0 Å². The number of hydrogen-bond acceptors (Lipinski definition) is 3. The quantitative estimate of drug-likeness (QED) is 0.271. The molecule has 0 saturated heterocycles. The Morgan fingerprint density at radius 2 is 2.05 bits per heavy atom. The second-order valence-corrected chi connectivity index (χ2v) is 3.74. The lowest BCUT2D eigenvalue weighted by Gasteiger charge is -2.11. The van der Waals surface area contributed by atoms with E-state index in [0.717, 1.165) is 13.0 Å². The summed E-state index contributed by atoms with van der Waals surface area (Å²) in [6.07, 6.45) is 0.992. The second-order valence-electron chi connectivity index (χ2n) is 3.74. The van der Waals surface area contributed by atoms with Gasteiger partial charge in [0.2, 0.25) is 0 Å². The summed E-state index contributed by atoms with van der Waals surface area (Å²) in [4.78, 5) is 14.5. The number of nitrogens with zero attached hydrogens (tertiary/aromatic N) is 2. The first-order chi connectivity index (χ1) is 8.69. The number of hydrogen-bond donors (Lipinski definition) is 2. The molecule has 0 atom stereocenters. The molecule has 0 radical (unpaired) electrons. The van der Waals surface area contributed by atoms with Crippen LogP contribution in [0.5, 0.6) is 0 Å². The number of guanidine groups is 1. The molecule has 0 aliphatic carbocycles. The second kappa shape index (κ2) is 9.54. The lowest BCUT2D eigenvalue weighted by atomic mass is 10.2. The summed E-state index contributed by atoms with van der Waals surface area (Å²) in [5.74, 6) is 0.648. The first-order valence-electron chi connectivity index (χ1n) is 5.85. The zero-order chi connectivity index (χ0) is 13.4. The fourth-order valence-corrected chi connectivity index (χ4v) is 1.48. The number of nitrogens with one attached hydrogen (secondary N) is 2. The Bertz CT molecular complexity index is 437. The van der Waals surface area contributed by atoms with Crippen LogP contribution in [0.3, 0.4) is 0 Å². The molecule has 0 spiro atoms. The van der Waals surface area contributed by atoms with E-state index >= 15 is 0 Å². The van der Waals surface area contributed by atoms with E-state index in [1.165, 1.54) is 6.07 Å². The molecular formula is C12H19IN4O2. The van der Waals surface area contributed by atoms with Crippen molar-refractivity contribution >= 4 is 35.6 Å². The van der Waals surface area contributed by atoms with Gasteiger partial charge in [-0.2, -0.15) is 0 Å². The predicted octanol–water partition coefficient (Wildman–Crippen LogP) is 2.29. The van der Waals surface area contributed by atoms with Gasteiger partial charge in [-0.3, -0.25) is 15.1 Å². The Hall–Kier alpha value is -1.38. The minimum Gasteiger partial charge on any atom is -0.356 e. The molecule has 0 unspecified atom stereocenters. The largest absolute Gasteiger partial charge is 0.356 e. The molecule has 0 heterocycles. The number of nitro groups is 1. The highest BCUT2D eigenvalue weighted by atomic mass is 127. The van der Waals surface area contributed by atoms with Crippen LogP contribution in [-0.2, 0) is 6.54 Å². The Labute approximate surface area is 129 Å². The van der Waals surface area contributed by atoms with Gasteiger partial charge in [0.25, 0.3) is 5.69 Å². The van der Waals surface area contributed by atoms with Crippen molar-refractivity contribution in [1.82, 2.24) is 10.6 Å². The minimum absolute atomic E-state index is 0. The highest BCUT2D eigenvalue weighted by Crippen LogP contribution is 2.16. The maximum Gasteiger partial charge on any atom is 0.274 e. The van der Waals surface area contributed by atoms with Crippen molar-refractivity contribution in [1.29, 1.82) is 0 Å². The van der Waals surface area contributed by atoms with Crippen LogP contribution in [0.1, 0.15) is 18.9 Å². The summed E-state index contributed by atoms with van der Waals surface area (Å²) in [5, 5.41) is 17.0. The highest BCUT2D eigenvalue weighted by Gasteiger charge is 2.11. The molecule has 0 bridgehead atoms. The maximum atomic E-state index is 10.8. The van der Waals surface area contributed by atoms with Crippen LogP contribution in [-0.4, -0.2) is 24.5 Å². The molecule has 0 saturated carbocycles. The van der Waals surface area contributed by atoms with Crippen LogP contribution in [0.4, 0.5) is 5.69 Å². The van der Waals surface area contributed by atoms with Crippen LogP contribution >= 0.6 is 24.0 Å². The third-order valence-electron chi connectivity index (χ3n) is 2.40. The molecule has 1 aromatic carbocycles. The van der Waals surface area contributed by atoms with Crippen molar-refractivity contribution < 1.29 is 4.92 Å². The SMILES string of the molecule is CCCNC(=NC)NCc1ccccc1[N+](=O)[O-].I. The topological polar surface area (TPSA) is 79.6 Å². The molecule has 6 nitrogen and oxygen atoms in total. The maximum absolute atomic E-state index is 10.8. The highest BCUT2D eigenvalue weighted by molar-refractivity contribution is 14.0. The molecule has 0 aliphatic heterocycles. The Balaban J connectivity index is 0.00000324. The summed E-state index contributed by atoms with van der Waals surface area (Å²) >= 11 is 0.